The minimum atomic E-state index is -1.39. The molecule has 3 heterocycles. The van der Waals surface area contributed by atoms with Crippen molar-refractivity contribution in [2.45, 2.75) is 31.9 Å². The number of ether oxygens (including phenoxy) is 1. The monoisotopic (exact) mass is 685 g/mol. The van der Waals surface area contributed by atoms with Gasteiger partial charge >= 0.3 is 12.2 Å². The van der Waals surface area contributed by atoms with Crippen molar-refractivity contribution in [1.29, 1.82) is 0 Å². The van der Waals surface area contributed by atoms with Crippen LogP contribution < -0.4 is 20.9 Å². The van der Waals surface area contributed by atoms with E-state index in [0.717, 1.165) is 29.7 Å². The van der Waals surface area contributed by atoms with Crippen molar-refractivity contribution in [3.05, 3.63) is 76.3 Å². The number of hydrogen-bond acceptors (Lipinski definition) is 8. The third-order valence-electron chi connectivity index (χ3n) is 6.96. The van der Waals surface area contributed by atoms with Crippen molar-refractivity contribution in [1.82, 2.24) is 20.1 Å². The van der Waals surface area contributed by atoms with Gasteiger partial charge in [0.05, 0.1) is 10.7 Å². The van der Waals surface area contributed by atoms with Gasteiger partial charge in [0.15, 0.2) is 11.5 Å². The summed E-state index contributed by atoms with van der Waals surface area (Å²) in [6.07, 6.45) is 1.79. The topological polar surface area (TPSA) is 151 Å². The molecule has 44 heavy (non-hydrogen) atoms. The molecule has 0 radical (unpaired) electrons. The van der Waals surface area contributed by atoms with E-state index >= 15 is 0 Å². The van der Waals surface area contributed by atoms with Crippen molar-refractivity contribution in [2.75, 3.05) is 28.6 Å². The molecule has 4 aromatic rings. The van der Waals surface area contributed by atoms with Crippen LogP contribution in [0.4, 0.5) is 30.5 Å². The summed E-state index contributed by atoms with van der Waals surface area (Å²) in [5.41, 5.74) is 1.22. The first-order chi connectivity index (χ1) is 21.2. The molecule has 2 aromatic heterocycles. The molecule has 0 spiro atoms. The van der Waals surface area contributed by atoms with Crippen LogP contribution in [-0.2, 0) is 18.4 Å². The molecule has 15 heteroatoms. The Kier molecular flexibility index (Phi) is 9.75. The normalized spacial score (nSPS) is 14.9. The van der Waals surface area contributed by atoms with Gasteiger partial charge in [-0.1, -0.05) is 47.7 Å². The largest absolute Gasteiger partial charge is 0.465 e. The van der Waals surface area contributed by atoms with Gasteiger partial charge in [0, 0.05) is 31.7 Å². The van der Waals surface area contributed by atoms with Crippen LogP contribution in [0, 0.1) is 5.82 Å². The number of carbonyl (C=O) groups is 3. The van der Waals surface area contributed by atoms with Crippen LogP contribution in [-0.4, -0.2) is 57.1 Å². The zero-order valence-corrected chi connectivity index (χ0v) is 26.0. The number of aryl methyl sites for hydroxylation is 1. The Bertz CT molecular complexity index is 1660. The Morgan fingerprint density at radius 1 is 1.11 bits per heavy atom. The van der Waals surface area contributed by atoms with Crippen LogP contribution in [0.1, 0.15) is 35.3 Å². The fourth-order valence-electron chi connectivity index (χ4n) is 4.90. The molecule has 1 fully saturated rings. The third kappa shape index (κ3) is 7.34. The molecular weight excluding hydrogens is 657 g/mol. The lowest BCUT2D eigenvalue weighted by Crippen LogP contribution is -2.36. The molecule has 0 aliphatic carbocycles. The quantitative estimate of drug-likeness (QED) is 0.174. The molecule has 0 bridgehead atoms. The Morgan fingerprint density at radius 2 is 1.91 bits per heavy atom. The van der Waals surface area contributed by atoms with Crippen molar-refractivity contribution in [2.24, 2.45) is 7.05 Å². The van der Waals surface area contributed by atoms with Crippen molar-refractivity contribution >= 4 is 61.9 Å². The summed E-state index contributed by atoms with van der Waals surface area (Å²) in [5, 5.41) is 21.7. The molecule has 5 rings (SSSR count). The first-order valence-electron chi connectivity index (χ1n) is 13.7. The van der Waals surface area contributed by atoms with E-state index in [9.17, 15) is 23.9 Å². The fraction of sp³-hybridized carbons (Fsp3) is 0.276. The molecule has 1 aliphatic heterocycles. The molecule has 230 valence electrons. The minimum absolute atomic E-state index is 0.0438. The zero-order chi connectivity index (χ0) is 31.2. The molecule has 2 aromatic carbocycles. The molecule has 1 aliphatic rings. The van der Waals surface area contributed by atoms with E-state index in [0.29, 0.717) is 31.0 Å². The van der Waals surface area contributed by atoms with Crippen LogP contribution in [0.3, 0.4) is 0 Å². The van der Waals surface area contributed by atoms with Gasteiger partial charge in [-0.15, -0.1) is 0 Å². The first-order valence-corrected chi connectivity index (χ1v) is 15.3. The standard InChI is InChI=1S/C29H29BrFN7O5S/c1-37-27(38-13-6-9-18(12-14-38)33-29(42)43-16-17-7-3-2-4-8-17)21(15-32-37)34-24(39)23-26(36-28(40)41)44-25(35-23)19-10-5-11-20(30)22(19)31/h2-5,7-8,10-11,15,18,36H,6,9,12-14,16H2,1H3,(H,33,42)(H,34,39)(H,40,41)/t18-/m1/s1. The number of rotatable bonds is 8. The number of carboxylic acid groups (broad SMARTS) is 1. The number of hydrogen-bond donors (Lipinski definition) is 4. The van der Waals surface area contributed by atoms with Gasteiger partial charge in [-0.05, 0) is 52.9 Å². The highest BCUT2D eigenvalue weighted by Gasteiger charge is 2.27. The smallest absolute Gasteiger partial charge is 0.409 e. The van der Waals surface area contributed by atoms with Gasteiger partial charge in [0.2, 0.25) is 0 Å². The Labute approximate surface area is 264 Å². The first kappa shape index (κ1) is 30.9. The predicted octanol–water partition coefficient (Wildman–Crippen LogP) is 6.07. The molecule has 1 saturated heterocycles. The maximum Gasteiger partial charge on any atom is 0.409 e. The number of nitrogens with zero attached hydrogens (tertiary/aromatic N) is 4. The molecule has 1 atom stereocenters. The van der Waals surface area contributed by atoms with Crippen molar-refractivity contribution in [3.8, 4) is 10.6 Å². The Hall–Kier alpha value is -4.50. The van der Waals surface area contributed by atoms with Crippen molar-refractivity contribution < 1.29 is 28.6 Å². The average Bonchev–Trinajstić information content (AvgIpc) is 3.49. The molecule has 12 nitrogen and oxygen atoms in total. The lowest BCUT2D eigenvalue weighted by atomic mass is 10.1. The summed E-state index contributed by atoms with van der Waals surface area (Å²) in [5.74, 6) is -0.619. The molecule has 3 amide bonds. The highest BCUT2D eigenvalue weighted by Crippen LogP contribution is 2.36. The third-order valence-corrected chi connectivity index (χ3v) is 8.58. The Balaban J connectivity index is 1.27. The number of alkyl carbamates (subject to hydrolysis) is 1. The van der Waals surface area contributed by atoms with Crippen LogP contribution >= 0.6 is 27.3 Å². The number of amides is 3. The van der Waals surface area contributed by atoms with Crippen LogP contribution in [0.2, 0.25) is 0 Å². The van der Waals surface area contributed by atoms with E-state index in [1.165, 1.54) is 18.3 Å². The maximum absolute atomic E-state index is 14.8. The number of anilines is 3. The molecule has 4 N–H and O–H groups in total. The second-order valence-corrected chi connectivity index (χ2v) is 11.9. The predicted molar refractivity (Wildman–Crippen MR) is 168 cm³/mol. The molecule has 0 unspecified atom stereocenters. The summed E-state index contributed by atoms with van der Waals surface area (Å²) in [4.78, 5) is 43.7. The van der Waals surface area contributed by atoms with E-state index in [1.807, 2.05) is 30.3 Å². The van der Waals surface area contributed by atoms with Crippen LogP contribution in [0.25, 0.3) is 10.6 Å². The van der Waals surface area contributed by atoms with Gasteiger partial charge in [-0.3, -0.25) is 14.8 Å². The molecular formula is C29H29BrFN7O5S. The maximum atomic E-state index is 14.8. The highest BCUT2D eigenvalue weighted by molar-refractivity contribution is 9.10. The second-order valence-electron chi connectivity index (χ2n) is 10.0. The number of nitrogens with one attached hydrogen (secondary N) is 3. The van der Waals surface area contributed by atoms with Gasteiger partial charge in [0.25, 0.3) is 5.91 Å². The number of thiazole rings is 1. The summed E-state index contributed by atoms with van der Waals surface area (Å²) in [6.45, 7) is 1.40. The fourth-order valence-corrected chi connectivity index (χ4v) is 6.24. The Morgan fingerprint density at radius 3 is 2.68 bits per heavy atom. The van der Waals surface area contributed by atoms with E-state index in [4.69, 9.17) is 4.74 Å². The lowest BCUT2D eigenvalue weighted by Gasteiger charge is -2.24. The van der Waals surface area contributed by atoms with E-state index in [1.54, 1.807) is 17.8 Å². The van der Waals surface area contributed by atoms with E-state index in [2.05, 4.69) is 46.9 Å². The molecule has 0 saturated carbocycles. The number of benzene rings is 2. The SMILES string of the molecule is Cn1ncc(NC(=O)c2nc(-c3cccc(Br)c3F)sc2NC(=O)O)c1N1CCC[C@@H](NC(=O)OCc2ccccc2)CC1. The van der Waals surface area contributed by atoms with Gasteiger partial charge in [-0.25, -0.2) is 19.0 Å². The van der Waals surface area contributed by atoms with Crippen LogP contribution in [0.5, 0.6) is 0 Å². The number of aromatic nitrogens is 3. The van der Waals surface area contributed by atoms with E-state index in [-0.39, 0.29) is 38.4 Å². The highest BCUT2D eigenvalue weighted by atomic mass is 79.9. The number of carbonyl (C=O) groups excluding carboxylic acids is 2. The summed E-state index contributed by atoms with van der Waals surface area (Å²) >= 11 is 3.99. The number of halogens is 2. The summed E-state index contributed by atoms with van der Waals surface area (Å²) in [6, 6.07) is 14.0. The summed E-state index contributed by atoms with van der Waals surface area (Å²) < 4.78 is 22.0. The second kappa shape index (κ2) is 13.9. The van der Waals surface area contributed by atoms with E-state index < -0.39 is 23.9 Å². The zero-order valence-electron chi connectivity index (χ0n) is 23.5. The van der Waals surface area contributed by atoms with Crippen molar-refractivity contribution in [3.63, 3.8) is 0 Å². The summed E-state index contributed by atoms with van der Waals surface area (Å²) in [7, 11) is 1.75. The van der Waals surface area contributed by atoms with Crippen LogP contribution in [0.15, 0.2) is 59.2 Å². The van der Waals surface area contributed by atoms with Gasteiger partial charge in [-0.2, -0.15) is 5.10 Å². The lowest BCUT2D eigenvalue weighted by molar-refractivity contribution is 0.102. The average molecular weight is 687 g/mol. The van der Waals surface area contributed by atoms with Gasteiger partial charge in [0.1, 0.15) is 28.1 Å². The minimum Gasteiger partial charge on any atom is -0.465 e. The van der Waals surface area contributed by atoms with Gasteiger partial charge < -0.3 is 25.4 Å².